The van der Waals surface area contributed by atoms with Crippen molar-refractivity contribution in [3.05, 3.63) is 53.8 Å². The SMILES string of the molecule is Fc1ccc(-c2nc3cnccn3c2Cl)cc1. The van der Waals surface area contributed by atoms with Crippen LogP contribution in [0.15, 0.2) is 42.9 Å². The molecule has 0 amide bonds. The molecule has 3 aromatic rings. The van der Waals surface area contributed by atoms with Gasteiger partial charge in [0.1, 0.15) is 16.7 Å². The number of fused-ring (bicyclic) bond motifs is 1. The van der Waals surface area contributed by atoms with E-state index in [0.717, 1.165) is 5.56 Å². The smallest absolute Gasteiger partial charge is 0.157 e. The summed E-state index contributed by atoms with van der Waals surface area (Å²) < 4.78 is 14.6. The fourth-order valence-electron chi connectivity index (χ4n) is 1.67. The molecule has 0 saturated heterocycles. The summed E-state index contributed by atoms with van der Waals surface area (Å²) in [6, 6.07) is 6.06. The third-order valence-corrected chi connectivity index (χ3v) is 2.85. The third kappa shape index (κ3) is 1.66. The summed E-state index contributed by atoms with van der Waals surface area (Å²) in [7, 11) is 0. The van der Waals surface area contributed by atoms with Crippen molar-refractivity contribution in [2.75, 3.05) is 0 Å². The van der Waals surface area contributed by atoms with Gasteiger partial charge in [0.2, 0.25) is 0 Å². The summed E-state index contributed by atoms with van der Waals surface area (Å²) in [5.41, 5.74) is 2.07. The van der Waals surface area contributed by atoms with Crippen LogP contribution in [-0.2, 0) is 0 Å². The van der Waals surface area contributed by atoms with Crippen molar-refractivity contribution in [3.8, 4) is 11.3 Å². The van der Waals surface area contributed by atoms with E-state index in [1.165, 1.54) is 12.1 Å². The van der Waals surface area contributed by atoms with Gasteiger partial charge in [-0.1, -0.05) is 11.6 Å². The number of rotatable bonds is 1. The Hall–Kier alpha value is -1.94. The van der Waals surface area contributed by atoms with E-state index in [0.29, 0.717) is 16.5 Å². The quantitative estimate of drug-likeness (QED) is 0.661. The lowest BCUT2D eigenvalue weighted by Gasteiger charge is -1.97. The maximum Gasteiger partial charge on any atom is 0.157 e. The first-order valence-corrected chi connectivity index (χ1v) is 5.37. The molecule has 0 aliphatic rings. The first-order valence-electron chi connectivity index (χ1n) is 4.99. The highest BCUT2D eigenvalue weighted by atomic mass is 35.5. The Morgan fingerprint density at radius 3 is 2.65 bits per heavy atom. The lowest BCUT2D eigenvalue weighted by atomic mass is 10.2. The van der Waals surface area contributed by atoms with Gasteiger partial charge in [-0.3, -0.25) is 9.38 Å². The lowest BCUT2D eigenvalue weighted by molar-refractivity contribution is 0.628. The second-order valence-corrected chi connectivity index (χ2v) is 3.92. The number of hydrogen-bond donors (Lipinski definition) is 0. The fraction of sp³-hybridized carbons (Fsp3) is 0. The predicted molar refractivity (Wildman–Crippen MR) is 63.4 cm³/mol. The van der Waals surface area contributed by atoms with Crippen molar-refractivity contribution >= 4 is 17.2 Å². The first-order chi connectivity index (χ1) is 8.25. The van der Waals surface area contributed by atoms with Crippen molar-refractivity contribution in [1.29, 1.82) is 0 Å². The molecule has 3 nitrogen and oxygen atoms in total. The number of nitrogens with zero attached hydrogens (tertiary/aromatic N) is 3. The van der Waals surface area contributed by atoms with E-state index in [1.807, 2.05) is 0 Å². The minimum Gasteiger partial charge on any atom is -0.287 e. The van der Waals surface area contributed by atoms with Gasteiger partial charge in [0, 0.05) is 18.0 Å². The summed E-state index contributed by atoms with van der Waals surface area (Å²) >= 11 is 6.21. The molecule has 0 spiro atoms. The van der Waals surface area contributed by atoms with E-state index in [9.17, 15) is 4.39 Å². The predicted octanol–water partition coefficient (Wildman–Crippen LogP) is 3.19. The highest BCUT2D eigenvalue weighted by Gasteiger charge is 2.11. The van der Waals surface area contributed by atoms with Gasteiger partial charge in [-0.2, -0.15) is 0 Å². The molecule has 0 N–H and O–H groups in total. The maximum atomic E-state index is 12.8. The molecule has 0 saturated carbocycles. The molecular weight excluding hydrogens is 241 g/mol. The minimum atomic E-state index is -0.282. The third-order valence-electron chi connectivity index (χ3n) is 2.49. The molecule has 0 atom stereocenters. The average molecular weight is 248 g/mol. The molecule has 0 aliphatic carbocycles. The van der Waals surface area contributed by atoms with Crippen LogP contribution in [0.3, 0.4) is 0 Å². The van der Waals surface area contributed by atoms with Crippen molar-refractivity contribution in [3.63, 3.8) is 0 Å². The Morgan fingerprint density at radius 2 is 1.94 bits per heavy atom. The van der Waals surface area contributed by atoms with Crippen LogP contribution in [0.2, 0.25) is 5.15 Å². The average Bonchev–Trinajstić information content (AvgIpc) is 2.69. The summed E-state index contributed by atoms with van der Waals surface area (Å²) in [5.74, 6) is -0.282. The van der Waals surface area contributed by atoms with Crippen molar-refractivity contribution in [2.24, 2.45) is 0 Å². The molecule has 84 valence electrons. The van der Waals surface area contributed by atoms with E-state index >= 15 is 0 Å². The number of hydrogen-bond acceptors (Lipinski definition) is 2. The molecule has 0 radical (unpaired) electrons. The van der Waals surface area contributed by atoms with Crippen LogP contribution < -0.4 is 0 Å². The van der Waals surface area contributed by atoms with Gasteiger partial charge in [-0.05, 0) is 24.3 Å². The Kier molecular flexibility index (Phi) is 2.30. The normalized spacial score (nSPS) is 10.9. The highest BCUT2D eigenvalue weighted by Crippen LogP contribution is 2.27. The monoisotopic (exact) mass is 247 g/mol. The molecule has 5 heteroatoms. The van der Waals surface area contributed by atoms with Gasteiger partial charge < -0.3 is 0 Å². The fourth-order valence-corrected chi connectivity index (χ4v) is 1.96. The summed E-state index contributed by atoms with van der Waals surface area (Å²) in [5, 5.41) is 0.494. The number of aromatic nitrogens is 3. The zero-order valence-electron chi connectivity index (χ0n) is 8.64. The van der Waals surface area contributed by atoms with Crippen LogP contribution in [0.4, 0.5) is 4.39 Å². The molecule has 0 bridgehead atoms. The summed E-state index contributed by atoms with van der Waals surface area (Å²) in [6.45, 7) is 0. The van der Waals surface area contributed by atoms with Crippen LogP contribution in [-0.4, -0.2) is 14.4 Å². The van der Waals surface area contributed by atoms with Gasteiger partial charge >= 0.3 is 0 Å². The minimum absolute atomic E-state index is 0.282. The van der Waals surface area contributed by atoms with Gasteiger partial charge in [-0.15, -0.1) is 0 Å². The highest BCUT2D eigenvalue weighted by molar-refractivity contribution is 6.32. The van der Waals surface area contributed by atoms with E-state index in [2.05, 4.69) is 9.97 Å². The molecule has 0 unspecified atom stereocenters. The molecule has 2 heterocycles. The number of imidazole rings is 1. The Bertz CT molecular complexity index is 676. The van der Waals surface area contributed by atoms with Crippen LogP contribution in [0.5, 0.6) is 0 Å². The van der Waals surface area contributed by atoms with Gasteiger partial charge in [0.05, 0.1) is 6.20 Å². The zero-order valence-corrected chi connectivity index (χ0v) is 9.39. The van der Waals surface area contributed by atoms with E-state index in [1.54, 1.807) is 35.1 Å². The summed E-state index contributed by atoms with van der Waals surface area (Å²) in [4.78, 5) is 8.33. The van der Waals surface area contributed by atoms with E-state index in [-0.39, 0.29) is 5.82 Å². The van der Waals surface area contributed by atoms with Gasteiger partial charge in [0.25, 0.3) is 0 Å². The molecule has 1 aromatic carbocycles. The molecule has 3 rings (SSSR count). The number of benzene rings is 1. The molecule has 0 aliphatic heterocycles. The largest absolute Gasteiger partial charge is 0.287 e. The standard InChI is InChI=1S/C12H7ClFN3/c13-12-11(8-1-3-9(14)4-2-8)16-10-7-15-5-6-17(10)12/h1-7H. The second kappa shape index (κ2) is 3.82. The van der Waals surface area contributed by atoms with Gasteiger partial charge in [0.15, 0.2) is 5.65 Å². The molecule has 17 heavy (non-hydrogen) atoms. The second-order valence-electron chi connectivity index (χ2n) is 3.56. The van der Waals surface area contributed by atoms with E-state index < -0.39 is 0 Å². The molecule has 2 aromatic heterocycles. The van der Waals surface area contributed by atoms with Crippen LogP contribution >= 0.6 is 11.6 Å². The van der Waals surface area contributed by atoms with Crippen molar-refractivity contribution < 1.29 is 4.39 Å². The van der Waals surface area contributed by atoms with Crippen LogP contribution in [0, 0.1) is 5.82 Å². The lowest BCUT2D eigenvalue weighted by Crippen LogP contribution is -1.83. The first kappa shape index (κ1) is 10.2. The zero-order chi connectivity index (χ0) is 11.8. The summed E-state index contributed by atoms with van der Waals surface area (Å²) in [6.07, 6.45) is 4.99. The maximum absolute atomic E-state index is 12.8. The Balaban J connectivity index is 2.24. The Labute approximate surface area is 102 Å². The number of halogens is 2. The van der Waals surface area contributed by atoms with Crippen molar-refractivity contribution in [2.45, 2.75) is 0 Å². The molecule has 0 fully saturated rings. The van der Waals surface area contributed by atoms with Gasteiger partial charge in [-0.25, -0.2) is 9.37 Å². The molecular formula is C12H7ClFN3. The van der Waals surface area contributed by atoms with E-state index in [4.69, 9.17) is 11.6 Å². The van der Waals surface area contributed by atoms with Crippen LogP contribution in [0.25, 0.3) is 16.9 Å². The van der Waals surface area contributed by atoms with Crippen molar-refractivity contribution in [1.82, 2.24) is 14.4 Å². The topological polar surface area (TPSA) is 30.2 Å². The Morgan fingerprint density at radius 1 is 1.18 bits per heavy atom. The van der Waals surface area contributed by atoms with Crippen LogP contribution in [0.1, 0.15) is 0 Å².